The van der Waals surface area contributed by atoms with Gasteiger partial charge in [0, 0.05) is 18.6 Å². The Bertz CT molecular complexity index is 852. The summed E-state index contributed by atoms with van der Waals surface area (Å²) in [4.78, 5) is 0. The van der Waals surface area contributed by atoms with Crippen LogP contribution in [0.3, 0.4) is 0 Å². The summed E-state index contributed by atoms with van der Waals surface area (Å²) >= 11 is 0. The van der Waals surface area contributed by atoms with Crippen LogP contribution < -0.4 is 0 Å². The van der Waals surface area contributed by atoms with E-state index in [1.807, 2.05) is 18.2 Å². The number of aliphatic hydroxyl groups is 2. The van der Waals surface area contributed by atoms with E-state index >= 15 is 0 Å². The maximum Gasteiger partial charge on any atom is 0.361 e. The number of benzene rings is 2. The van der Waals surface area contributed by atoms with Crippen LogP contribution >= 0.6 is 0 Å². The van der Waals surface area contributed by atoms with E-state index < -0.39 is 6.10 Å². The zero-order chi connectivity index (χ0) is 15.9. The fourth-order valence-corrected chi connectivity index (χ4v) is 3.17. The van der Waals surface area contributed by atoms with Crippen molar-refractivity contribution in [3.05, 3.63) is 52.6 Å². The molecule has 3 rings (SSSR count). The topological polar surface area (TPSA) is 51.8 Å². The highest BCUT2D eigenvalue weighted by Gasteiger charge is 2.19. The van der Waals surface area contributed by atoms with Crippen molar-refractivity contribution >= 4 is 21.9 Å². The van der Waals surface area contributed by atoms with Gasteiger partial charge in [-0.15, -0.1) is 0 Å². The van der Waals surface area contributed by atoms with Gasteiger partial charge in [0.1, 0.15) is 0 Å². The third-order valence-electron chi connectivity index (χ3n) is 4.17. The molecule has 114 valence electrons. The largest absolute Gasteiger partial charge is 0.394 e. The molecular weight excluding hydrogens is 276 g/mol. The minimum atomic E-state index is -0.723. The van der Waals surface area contributed by atoms with E-state index in [9.17, 15) is 5.11 Å². The van der Waals surface area contributed by atoms with Crippen LogP contribution in [0, 0.1) is 20.8 Å². The van der Waals surface area contributed by atoms with Gasteiger partial charge in [-0.05, 0) is 55.2 Å². The second-order valence-electron chi connectivity index (χ2n) is 6.05. The lowest BCUT2D eigenvalue weighted by Crippen LogP contribution is -2.14. The minimum absolute atomic E-state index is 0.225. The van der Waals surface area contributed by atoms with Gasteiger partial charge in [-0.1, -0.05) is 6.07 Å². The lowest BCUT2D eigenvalue weighted by molar-refractivity contribution is 0.0955. The molecule has 0 saturated heterocycles. The second-order valence-corrected chi connectivity index (χ2v) is 6.05. The Labute approximate surface area is 129 Å². The Balaban J connectivity index is 2.24. The zero-order valence-electron chi connectivity index (χ0n) is 13.2. The highest BCUT2D eigenvalue weighted by atomic mass is 16.3. The predicted molar refractivity (Wildman–Crippen MR) is 89.1 cm³/mol. The molecule has 3 nitrogen and oxygen atoms in total. The van der Waals surface area contributed by atoms with Crippen molar-refractivity contribution in [2.75, 3.05) is 6.61 Å². The smallest absolute Gasteiger partial charge is 0.361 e. The maximum atomic E-state index is 9.63. The van der Waals surface area contributed by atoms with Crippen LogP contribution in [-0.4, -0.2) is 22.9 Å². The van der Waals surface area contributed by atoms with Gasteiger partial charge >= 0.3 is 11.2 Å². The van der Waals surface area contributed by atoms with E-state index in [0.717, 1.165) is 27.5 Å². The summed E-state index contributed by atoms with van der Waals surface area (Å²) in [6.45, 7) is 6.05. The van der Waals surface area contributed by atoms with E-state index in [4.69, 9.17) is 9.52 Å². The molecule has 2 N–H and O–H groups in total. The molecule has 0 aliphatic carbocycles. The van der Waals surface area contributed by atoms with Gasteiger partial charge < -0.3 is 10.2 Å². The summed E-state index contributed by atoms with van der Waals surface area (Å²) in [7, 11) is 0. The predicted octanol–water partition coefficient (Wildman–Crippen LogP) is 3.69. The molecule has 0 aliphatic heterocycles. The quantitative estimate of drug-likeness (QED) is 0.572. The van der Waals surface area contributed by atoms with Crippen molar-refractivity contribution in [3.63, 3.8) is 0 Å². The van der Waals surface area contributed by atoms with Gasteiger partial charge in [0.15, 0.2) is 0 Å². The van der Waals surface area contributed by atoms with E-state index in [1.54, 1.807) is 0 Å². The lowest BCUT2D eigenvalue weighted by Gasteiger charge is -2.08. The number of aliphatic hydroxyl groups excluding tert-OH is 2. The fraction of sp³-hybridized carbons (Fsp3) is 0.316. The van der Waals surface area contributed by atoms with Crippen LogP contribution in [0.25, 0.3) is 21.9 Å². The lowest BCUT2D eigenvalue weighted by atomic mass is 9.98. The SMILES string of the molecule is Cc1cc(C)c2c(C)c3cc(CC(O)CO)ccc3[o+]c2c1. The van der Waals surface area contributed by atoms with Gasteiger partial charge in [-0.3, -0.25) is 0 Å². The summed E-state index contributed by atoms with van der Waals surface area (Å²) < 4.78 is 6.06. The van der Waals surface area contributed by atoms with Crippen LogP contribution in [-0.2, 0) is 6.42 Å². The van der Waals surface area contributed by atoms with Gasteiger partial charge in [0.2, 0.25) is 0 Å². The zero-order valence-corrected chi connectivity index (χ0v) is 13.2. The normalized spacial score (nSPS) is 13.0. The van der Waals surface area contributed by atoms with Gasteiger partial charge in [0.05, 0.1) is 23.5 Å². The Morgan fingerprint density at radius 3 is 2.55 bits per heavy atom. The summed E-state index contributed by atoms with van der Waals surface area (Å²) in [6, 6.07) is 10.2. The summed E-state index contributed by atoms with van der Waals surface area (Å²) in [5.41, 5.74) is 6.34. The summed E-state index contributed by atoms with van der Waals surface area (Å²) in [5, 5.41) is 20.8. The molecule has 0 aliphatic rings. The molecule has 0 amide bonds. The molecule has 0 bridgehead atoms. The van der Waals surface area contributed by atoms with E-state index in [2.05, 4.69) is 32.9 Å². The fourth-order valence-electron chi connectivity index (χ4n) is 3.17. The first kappa shape index (κ1) is 14.9. The molecule has 1 atom stereocenters. The molecule has 22 heavy (non-hydrogen) atoms. The highest BCUT2D eigenvalue weighted by molar-refractivity contribution is 5.96. The maximum absolute atomic E-state index is 9.63. The standard InChI is InChI=1S/C19H21O3/c1-11-6-12(2)19-13(3)16-9-14(8-15(21)10-20)4-5-17(16)22-18(19)7-11/h4-7,9,15,20-21H,8,10H2,1-3H3/q+1. The molecule has 1 heterocycles. The molecule has 0 saturated carbocycles. The number of hydrogen-bond acceptors (Lipinski definition) is 2. The molecule has 3 aromatic rings. The molecule has 3 heteroatoms. The first-order valence-electron chi connectivity index (χ1n) is 7.55. The Morgan fingerprint density at radius 2 is 1.82 bits per heavy atom. The molecule has 1 unspecified atom stereocenters. The first-order valence-corrected chi connectivity index (χ1v) is 7.55. The first-order chi connectivity index (χ1) is 10.5. The van der Waals surface area contributed by atoms with Crippen molar-refractivity contribution in [2.24, 2.45) is 0 Å². The number of rotatable bonds is 3. The van der Waals surface area contributed by atoms with Crippen LogP contribution in [0.15, 0.2) is 34.7 Å². The van der Waals surface area contributed by atoms with Crippen LogP contribution in [0.2, 0.25) is 0 Å². The molecule has 0 spiro atoms. The molecule has 0 fully saturated rings. The Morgan fingerprint density at radius 1 is 1.05 bits per heavy atom. The number of fused-ring (bicyclic) bond motifs is 2. The van der Waals surface area contributed by atoms with Gasteiger partial charge in [-0.2, -0.15) is 0 Å². The second kappa shape index (κ2) is 5.67. The van der Waals surface area contributed by atoms with Crippen molar-refractivity contribution in [3.8, 4) is 0 Å². The average molecular weight is 297 g/mol. The molecule has 1 aromatic heterocycles. The van der Waals surface area contributed by atoms with Crippen LogP contribution in [0.4, 0.5) is 0 Å². The van der Waals surface area contributed by atoms with Crippen molar-refractivity contribution in [1.29, 1.82) is 0 Å². The van der Waals surface area contributed by atoms with Crippen LogP contribution in [0.1, 0.15) is 22.3 Å². The third-order valence-corrected chi connectivity index (χ3v) is 4.17. The summed E-state index contributed by atoms with van der Waals surface area (Å²) in [6.07, 6.45) is -0.281. The van der Waals surface area contributed by atoms with E-state index in [0.29, 0.717) is 6.42 Å². The summed E-state index contributed by atoms with van der Waals surface area (Å²) in [5.74, 6) is 0. The average Bonchev–Trinajstić information content (AvgIpc) is 2.47. The molecule has 2 aromatic carbocycles. The molecular formula is C19H21O3+. The van der Waals surface area contributed by atoms with Gasteiger partial charge in [-0.25, -0.2) is 4.42 Å². The van der Waals surface area contributed by atoms with E-state index in [1.165, 1.54) is 16.7 Å². The van der Waals surface area contributed by atoms with Crippen molar-refractivity contribution in [2.45, 2.75) is 33.3 Å². The highest BCUT2D eigenvalue weighted by Crippen LogP contribution is 2.31. The van der Waals surface area contributed by atoms with Crippen LogP contribution in [0.5, 0.6) is 0 Å². The van der Waals surface area contributed by atoms with Gasteiger partial charge in [0.25, 0.3) is 0 Å². The third kappa shape index (κ3) is 2.58. The van der Waals surface area contributed by atoms with Crippen molar-refractivity contribution in [1.82, 2.24) is 0 Å². The monoisotopic (exact) mass is 297 g/mol. The number of aryl methyl sites for hydroxylation is 3. The van der Waals surface area contributed by atoms with E-state index in [-0.39, 0.29) is 6.61 Å². The van der Waals surface area contributed by atoms with Crippen molar-refractivity contribution < 1.29 is 14.6 Å². The molecule has 0 radical (unpaired) electrons. The number of hydrogen-bond donors (Lipinski definition) is 2. The Kier molecular flexibility index (Phi) is 3.85. The Hall–Kier alpha value is -1.97. The minimum Gasteiger partial charge on any atom is -0.394 e.